The van der Waals surface area contributed by atoms with E-state index in [0.29, 0.717) is 22.3 Å². The number of hydrogen-bond donors (Lipinski definition) is 0. The first-order valence-corrected chi connectivity index (χ1v) is 12.1. The Labute approximate surface area is 224 Å². The van der Waals surface area contributed by atoms with Crippen molar-refractivity contribution in [3.05, 3.63) is 122 Å². The molecular weight excluding hydrogens is 503 g/mol. The van der Waals surface area contributed by atoms with Gasteiger partial charge in [0.25, 0.3) is 17.2 Å². The van der Waals surface area contributed by atoms with E-state index in [0.717, 1.165) is 22.8 Å². The van der Waals surface area contributed by atoms with Crippen molar-refractivity contribution in [3.63, 3.8) is 0 Å². The number of rotatable bonds is 5. The highest BCUT2D eigenvalue weighted by molar-refractivity contribution is 5.95. The second-order valence-corrected chi connectivity index (χ2v) is 9.58. The molecule has 0 unspecified atom stereocenters. The Balaban J connectivity index is 1.94. The number of carbonyl (C=O) groups is 1. The van der Waals surface area contributed by atoms with E-state index < -0.39 is 23.0 Å². The quantitative estimate of drug-likeness (QED) is 0.259. The standard InChI is InChI=1S/C31H26F3N3O2/c1-19-12-13-25(20(2)14-19)18-37-27(17-26(31(32,33)34)28(35-3)30(37)39)23-10-6-8-21(15-23)22-9-7-11-24(16-22)29(38)36(4)5/h6-17H,18H2,1-2,4-5H3. The molecule has 0 saturated heterocycles. The van der Waals surface area contributed by atoms with Gasteiger partial charge < -0.3 is 9.47 Å². The van der Waals surface area contributed by atoms with Gasteiger partial charge in [-0.05, 0) is 65.9 Å². The van der Waals surface area contributed by atoms with Crippen molar-refractivity contribution < 1.29 is 18.0 Å². The highest BCUT2D eigenvalue weighted by Gasteiger charge is 2.36. The maximum atomic E-state index is 14.0. The molecule has 0 spiro atoms. The van der Waals surface area contributed by atoms with E-state index in [1.54, 1.807) is 62.6 Å². The third-order valence-corrected chi connectivity index (χ3v) is 6.53. The fraction of sp³-hybridized carbons (Fsp3) is 0.194. The first-order chi connectivity index (χ1) is 18.4. The normalized spacial score (nSPS) is 11.2. The minimum Gasteiger partial charge on any atom is -0.345 e. The lowest BCUT2D eigenvalue weighted by molar-refractivity contribution is -0.136. The minimum absolute atomic E-state index is 0.00200. The summed E-state index contributed by atoms with van der Waals surface area (Å²) in [6.45, 7) is 11.1. The van der Waals surface area contributed by atoms with Crippen molar-refractivity contribution in [2.24, 2.45) is 0 Å². The molecule has 1 heterocycles. The molecule has 0 radical (unpaired) electrons. The van der Waals surface area contributed by atoms with Gasteiger partial charge in [-0.25, -0.2) is 4.85 Å². The van der Waals surface area contributed by atoms with Gasteiger partial charge in [0, 0.05) is 25.4 Å². The van der Waals surface area contributed by atoms with Crippen LogP contribution in [-0.2, 0) is 12.7 Å². The van der Waals surface area contributed by atoms with Gasteiger partial charge in [-0.1, -0.05) is 54.1 Å². The summed E-state index contributed by atoms with van der Waals surface area (Å²) in [5.41, 5.74) is 1.67. The zero-order valence-electron chi connectivity index (χ0n) is 21.9. The summed E-state index contributed by atoms with van der Waals surface area (Å²) < 4.78 is 43.2. The van der Waals surface area contributed by atoms with Crippen molar-refractivity contribution in [2.45, 2.75) is 26.6 Å². The molecule has 5 nitrogen and oxygen atoms in total. The summed E-state index contributed by atoms with van der Waals surface area (Å²) in [4.78, 5) is 30.3. The van der Waals surface area contributed by atoms with Crippen LogP contribution in [-0.4, -0.2) is 29.5 Å². The maximum Gasteiger partial charge on any atom is 0.407 e. The Hall–Kier alpha value is -4.64. The summed E-state index contributed by atoms with van der Waals surface area (Å²) >= 11 is 0. The van der Waals surface area contributed by atoms with E-state index in [1.165, 1.54) is 9.47 Å². The Kier molecular flexibility index (Phi) is 7.46. The van der Waals surface area contributed by atoms with Crippen LogP contribution in [0.5, 0.6) is 0 Å². The summed E-state index contributed by atoms with van der Waals surface area (Å²) in [5, 5.41) is 0. The highest BCUT2D eigenvalue weighted by Crippen LogP contribution is 2.38. The van der Waals surface area contributed by atoms with Crippen LogP contribution in [0.3, 0.4) is 0 Å². The molecule has 0 atom stereocenters. The number of pyridine rings is 1. The van der Waals surface area contributed by atoms with E-state index in [1.807, 2.05) is 32.0 Å². The van der Waals surface area contributed by atoms with Gasteiger partial charge in [0.2, 0.25) is 0 Å². The number of aryl methyl sites for hydroxylation is 2. The maximum absolute atomic E-state index is 14.0. The first-order valence-electron chi connectivity index (χ1n) is 12.1. The van der Waals surface area contributed by atoms with E-state index >= 15 is 0 Å². The molecular formula is C31H26F3N3O2. The van der Waals surface area contributed by atoms with Crippen LogP contribution in [0.1, 0.15) is 32.6 Å². The van der Waals surface area contributed by atoms with Crippen LogP contribution in [0.15, 0.2) is 77.6 Å². The number of amides is 1. The Morgan fingerprint density at radius 3 is 2.18 bits per heavy atom. The topological polar surface area (TPSA) is 46.7 Å². The second-order valence-electron chi connectivity index (χ2n) is 9.58. The Morgan fingerprint density at radius 2 is 1.56 bits per heavy atom. The fourth-order valence-electron chi connectivity index (χ4n) is 4.50. The van der Waals surface area contributed by atoms with Crippen LogP contribution in [0.25, 0.3) is 27.2 Å². The van der Waals surface area contributed by atoms with Crippen molar-refractivity contribution >= 4 is 11.6 Å². The Bertz CT molecular complexity index is 1680. The van der Waals surface area contributed by atoms with E-state index in [4.69, 9.17) is 6.57 Å². The molecule has 4 rings (SSSR count). The third kappa shape index (κ3) is 5.63. The number of benzene rings is 3. The molecule has 4 aromatic rings. The molecule has 8 heteroatoms. The van der Waals surface area contributed by atoms with Gasteiger partial charge in [0.15, 0.2) is 0 Å². The molecule has 0 bridgehead atoms. The molecule has 3 aromatic carbocycles. The van der Waals surface area contributed by atoms with Crippen molar-refractivity contribution in [3.8, 4) is 22.4 Å². The monoisotopic (exact) mass is 529 g/mol. The zero-order valence-corrected chi connectivity index (χ0v) is 21.9. The van der Waals surface area contributed by atoms with Gasteiger partial charge in [-0.2, -0.15) is 13.2 Å². The molecule has 0 N–H and O–H groups in total. The largest absolute Gasteiger partial charge is 0.407 e. The van der Waals surface area contributed by atoms with Gasteiger partial charge in [-0.15, -0.1) is 0 Å². The predicted octanol–water partition coefficient (Wildman–Crippen LogP) is 7.12. The predicted molar refractivity (Wildman–Crippen MR) is 146 cm³/mol. The van der Waals surface area contributed by atoms with Crippen molar-refractivity contribution in [2.75, 3.05) is 14.1 Å². The number of nitrogens with zero attached hydrogens (tertiary/aromatic N) is 3. The lowest BCUT2D eigenvalue weighted by Crippen LogP contribution is -2.25. The number of aromatic nitrogens is 1. The lowest BCUT2D eigenvalue weighted by Gasteiger charge is -2.19. The summed E-state index contributed by atoms with van der Waals surface area (Å²) in [6, 6.07) is 20.2. The van der Waals surface area contributed by atoms with Gasteiger partial charge in [0.05, 0.1) is 18.7 Å². The van der Waals surface area contributed by atoms with Crippen molar-refractivity contribution in [1.82, 2.24) is 9.47 Å². The van der Waals surface area contributed by atoms with Crippen LogP contribution >= 0.6 is 0 Å². The summed E-state index contributed by atoms with van der Waals surface area (Å²) in [6.07, 6.45) is -4.88. The molecule has 0 fully saturated rings. The van der Waals surface area contributed by atoms with Gasteiger partial charge >= 0.3 is 6.18 Å². The average molecular weight is 530 g/mol. The minimum atomic E-state index is -4.88. The van der Waals surface area contributed by atoms with Crippen LogP contribution in [0.2, 0.25) is 0 Å². The highest BCUT2D eigenvalue weighted by atomic mass is 19.4. The number of alkyl halides is 3. The van der Waals surface area contributed by atoms with Crippen molar-refractivity contribution in [1.29, 1.82) is 0 Å². The van der Waals surface area contributed by atoms with Gasteiger partial charge in [0.1, 0.15) is 0 Å². The third-order valence-electron chi connectivity index (χ3n) is 6.53. The van der Waals surface area contributed by atoms with E-state index in [9.17, 15) is 22.8 Å². The molecule has 1 amide bonds. The average Bonchev–Trinajstić information content (AvgIpc) is 2.89. The molecule has 0 aliphatic heterocycles. The first kappa shape index (κ1) is 27.4. The smallest absolute Gasteiger partial charge is 0.345 e. The Morgan fingerprint density at radius 1 is 0.923 bits per heavy atom. The second kappa shape index (κ2) is 10.6. The molecule has 0 aliphatic rings. The summed E-state index contributed by atoms with van der Waals surface area (Å²) in [5.74, 6) is -0.181. The molecule has 1 aromatic heterocycles. The molecule has 39 heavy (non-hydrogen) atoms. The van der Waals surface area contributed by atoms with Crippen LogP contribution in [0.4, 0.5) is 18.9 Å². The molecule has 198 valence electrons. The van der Waals surface area contributed by atoms with E-state index in [2.05, 4.69) is 4.85 Å². The number of hydrogen-bond acceptors (Lipinski definition) is 2. The zero-order chi connectivity index (χ0) is 28.5. The fourth-order valence-corrected chi connectivity index (χ4v) is 4.50. The molecule has 0 saturated carbocycles. The molecule has 0 aliphatic carbocycles. The van der Waals surface area contributed by atoms with Gasteiger partial charge in [-0.3, -0.25) is 9.59 Å². The number of carbonyl (C=O) groups excluding carboxylic acids is 1. The van der Waals surface area contributed by atoms with E-state index in [-0.39, 0.29) is 18.1 Å². The SMILES string of the molecule is [C-]#[N+]c1c(C(F)(F)F)cc(-c2cccc(-c3cccc(C(=O)N(C)C)c3)c2)n(Cc2ccc(C)cc2C)c1=O. The number of halogens is 3. The van der Waals surface area contributed by atoms with Crippen LogP contribution in [0, 0.1) is 20.4 Å². The lowest BCUT2D eigenvalue weighted by atomic mass is 9.98. The van der Waals surface area contributed by atoms with Crippen LogP contribution < -0.4 is 5.56 Å². The summed E-state index contributed by atoms with van der Waals surface area (Å²) in [7, 11) is 3.30.